The molecule has 1 N–H and O–H groups in total. The van der Waals surface area contributed by atoms with Crippen LogP contribution in [0.3, 0.4) is 0 Å². The molecule has 2 aromatic rings. The minimum atomic E-state index is -0.231. The molecule has 0 saturated heterocycles. The van der Waals surface area contributed by atoms with E-state index in [9.17, 15) is 4.39 Å². The summed E-state index contributed by atoms with van der Waals surface area (Å²) < 4.78 is 13.6. The molecule has 4 heteroatoms. The molecule has 3 rings (SSSR count). The van der Waals surface area contributed by atoms with Gasteiger partial charge in [-0.1, -0.05) is 13.3 Å². The van der Waals surface area contributed by atoms with Crippen molar-refractivity contribution >= 4 is 0 Å². The third-order valence-corrected chi connectivity index (χ3v) is 3.81. The number of fused-ring (bicyclic) bond motifs is 1. The van der Waals surface area contributed by atoms with Crippen molar-refractivity contribution in [2.75, 3.05) is 6.54 Å². The lowest BCUT2D eigenvalue weighted by Gasteiger charge is -2.20. The van der Waals surface area contributed by atoms with E-state index in [1.807, 2.05) is 13.0 Å². The maximum absolute atomic E-state index is 13.6. The van der Waals surface area contributed by atoms with E-state index in [1.165, 1.54) is 17.7 Å². The summed E-state index contributed by atoms with van der Waals surface area (Å²) in [6.45, 7) is 5.82. The largest absolute Gasteiger partial charge is 0.312 e. The molecular formula is C17H20FN3. The van der Waals surface area contributed by atoms with E-state index < -0.39 is 0 Å². The van der Waals surface area contributed by atoms with Crippen LogP contribution in [0.2, 0.25) is 0 Å². The van der Waals surface area contributed by atoms with Gasteiger partial charge in [-0.25, -0.2) is 14.4 Å². The molecule has 0 saturated carbocycles. The van der Waals surface area contributed by atoms with Gasteiger partial charge in [0.1, 0.15) is 5.82 Å². The summed E-state index contributed by atoms with van der Waals surface area (Å²) in [6, 6.07) is 4.99. The van der Waals surface area contributed by atoms with E-state index >= 15 is 0 Å². The molecule has 0 radical (unpaired) electrons. The Kier molecular flexibility index (Phi) is 3.97. The second-order valence-electron chi connectivity index (χ2n) is 5.61. The number of aryl methyl sites for hydroxylation is 2. The number of nitrogens with one attached hydrogen (secondary N) is 1. The zero-order valence-corrected chi connectivity index (χ0v) is 12.5. The van der Waals surface area contributed by atoms with Crippen LogP contribution in [0.25, 0.3) is 11.4 Å². The first kappa shape index (κ1) is 14.1. The Morgan fingerprint density at radius 3 is 2.86 bits per heavy atom. The highest BCUT2D eigenvalue weighted by Gasteiger charge is 2.18. The van der Waals surface area contributed by atoms with Crippen molar-refractivity contribution in [3.8, 4) is 11.4 Å². The van der Waals surface area contributed by atoms with Gasteiger partial charge < -0.3 is 5.32 Å². The second kappa shape index (κ2) is 5.90. The molecule has 0 spiro atoms. The fourth-order valence-electron chi connectivity index (χ4n) is 2.85. The standard InChI is InChI=1S/C17H20FN3/c1-3-4-15-14-10-19-6-5-16(14)21-17(20-15)12-7-11(2)8-13(18)9-12/h7-9,19H,3-6,10H2,1-2H3. The molecule has 0 unspecified atom stereocenters. The van der Waals surface area contributed by atoms with Crippen molar-refractivity contribution in [3.63, 3.8) is 0 Å². The summed E-state index contributed by atoms with van der Waals surface area (Å²) in [5, 5.41) is 3.38. The van der Waals surface area contributed by atoms with Crippen LogP contribution in [0, 0.1) is 12.7 Å². The van der Waals surface area contributed by atoms with Crippen molar-refractivity contribution in [2.45, 2.75) is 39.7 Å². The van der Waals surface area contributed by atoms with Gasteiger partial charge in [-0.05, 0) is 37.1 Å². The number of hydrogen-bond donors (Lipinski definition) is 1. The summed E-state index contributed by atoms with van der Waals surface area (Å²) in [7, 11) is 0. The Balaban J connectivity index is 2.12. The smallest absolute Gasteiger partial charge is 0.159 e. The number of rotatable bonds is 3. The van der Waals surface area contributed by atoms with Crippen LogP contribution in [0.5, 0.6) is 0 Å². The molecule has 0 fully saturated rings. The molecule has 0 bridgehead atoms. The first-order valence-corrected chi connectivity index (χ1v) is 7.54. The highest BCUT2D eigenvalue weighted by atomic mass is 19.1. The summed E-state index contributed by atoms with van der Waals surface area (Å²) in [5.41, 5.74) is 5.12. The predicted molar refractivity (Wildman–Crippen MR) is 81.6 cm³/mol. The van der Waals surface area contributed by atoms with Crippen molar-refractivity contribution in [2.24, 2.45) is 0 Å². The lowest BCUT2D eigenvalue weighted by atomic mass is 10.0. The second-order valence-corrected chi connectivity index (χ2v) is 5.61. The molecule has 1 aliphatic rings. The lowest BCUT2D eigenvalue weighted by Crippen LogP contribution is -2.26. The molecule has 2 heterocycles. The van der Waals surface area contributed by atoms with Crippen LogP contribution in [0.15, 0.2) is 18.2 Å². The van der Waals surface area contributed by atoms with Gasteiger partial charge in [-0.2, -0.15) is 0 Å². The van der Waals surface area contributed by atoms with E-state index in [-0.39, 0.29) is 5.82 Å². The van der Waals surface area contributed by atoms with Gasteiger partial charge in [-0.3, -0.25) is 0 Å². The van der Waals surface area contributed by atoms with Crippen LogP contribution in [-0.2, 0) is 19.4 Å². The van der Waals surface area contributed by atoms with E-state index in [4.69, 9.17) is 9.97 Å². The van der Waals surface area contributed by atoms with Gasteiger partial charge >= 0.3 is 0 Å². The van der Waals surface area contributed by atoms with Gasteiger partial charge in [-0.15, -0.1) is 0 Å². The average molecular weight is 285 g/mol. The van der Waals surface area contributed by atoms with Crippen molar-refractivity contribution in [1.82, 2.24) is 15.3 Å². The highest BCUT2D eigenvalue weighted by Crippen LogP contribution is 2.24. The van der Waals surface area contributed by atoms with Crippen LogP contribution in [0.1, 0.15) is 35.9 Å². The van der Waals surface area contributed by atoms with E-state index in [1.54, 1.807) is 0 Å². The van der Waals surface area contributed by atoms with Gasteiger partial charge in [0.25, 0.3) is 0 Å². The summed E-state index contributed by atoms with van der Waals surface area (Å²) >= 11 is 0. The van der Waals surface area contributed by atoms with Crippen LogP contribution < -0.4 is 5.32 Å². The topological polar surface area (TPSA) is 37.8 Å². The molecule has 1 aromatic carbocycles. The third kappa shape index (κ3) is 2.95. The first-order chi connectivity index (χ1) is 10.2. The third-order valence-electron chi connectivity index (χ3n) is 3.81. The Hall–Kier alpha value is -1.81. The number of halogens is 1. The number of nitrogens with zero attached hydrogens (tertiary/aromatic N) is 2. The maximum atomic E-state index is 13.6. The molecule has 0 aliphatic carbocycles. The molecule has 0 amide bonds. The normalized spacial score (nSPS) is 14.0. The van der Waals surface area contributed by atoms with Gasteiger partial charge in [0, 0.05) is 36.3 Å². The van der Waals surface area contributed by atoms with Crippen molar-refractivity contribution in [1.29, 1.82) is 0 Å². The van der Waals surface area contributed by atoms with Gasteiger partial charge in [0.05, 0.1) is 5.69 Å². The maximum Gasteiger partial charge on any atom is 0.159 e. The van der Waals surface area contributed by atoms with E-state index in [0.29, 0.717) is 5.82 Å². The van der Waals surface area contributed by atoms with Gasteiger partial charge in [0.15, 0.2) is 5.82 Å². The SMILES string of the molecule is CCCc1nc(-c2cc(C)cc(F)c2)nc2c1CNCC2. The van der Waals surface area contributed by atoms with Crippen LogP contribution in [0.4, 0.5) is 4.39 Å². The molecule has 0 atom stereocenters. The van der Waals surface area contributed by atoms with Crippen molar-refractivity contribution in [3.05, 3.63) is 46.5 Å². The number of aromatic nitrogens is 2. The van der Waals surface area contributed by atoms with E-state index in [2.05, 4.69) is 12.2 Å². The molecule has 1 aliphatic heterocycles. The lowest BCUT2D eigenvalue weighted by molar-refractivity contribution is 0.614. The van der Waals surface area contributed by atoms with Crippen molar-refractivity contribution < 1.29 is 4.39 Å². The van der Waals surface area contributed by atoms with Gasteiger partial charge in [0.2, 0.25) is 0 Å². The first-order valence-electron chi connectivity index (χ1n) is 7.54. The molecule has 21 heavy (non-hydrogen) atoms. The summed E-state index contributed by atoms with van der Waals surface area (Å²) in [5.74, 6) is 0.423. The fraction of sp³-hybridized carbons (Fsp3) is 0.412. The molecule has 3 nitrogen and oxygen atoms in total. The predicted octanol–water partition coefficient (Wildman–Crippen LogP) is 3.19. The fourth-order valence-corrected chi connectivity index (χ4v) is 2.85. The number of hydrogen-bond acceptors (Lipinski definition) is 3. The highest BCUT2D eigenvalue weighted by molar-refractivity contribution is 5.57. The average Bonchev–Trinajstić information content (AvgIpc) is 2.46. The molecule has 110 valence electrons. The minimum absolute atomic E-state index is 0.231. The Morgan fingerprint density at radius 2 is 2.10 bits per heavy atom. The summed E-state index contributed by atoms with van der Waals surface area (Å²) in [6.07, 6.45) is 2.90. The Labute approximate surface area is 124 Å². The van der Waals surface area contributed by atoms with Crippen LogP contribution >= 0.6 is 0 Å². The Bertz CT molecular complexity index is 647. The van der Waals surface area contributed by atoms with Crippen LogP contribution in [-0.4, -0.2) is 16.5 Å². The summed E-state index contributed by atoms with van der Waals surface area (Å²) in [4.78, 5) is 9.40. The zero-order chi connectivity index (χ0) is 14.8. The zero-order valence-electron chi connectivity index (χ0n) is 12.5. The Morgan fingerprint density at radius 1 is 1.24 bits per heavy atom. The monoisotopic (exact) mass is 285 g/mol. The minimum Gasteiger partial charge on any atom is -0.312 e. The molecule has 1 aromatic heterocycles. The number of benzene rings is 1. The van der Waals surface area contributed by atoms with E-state index in [0.717, 1.165) is 54.9 Å². The molecular weight excluding hydrogens is 265 g/mol. The quantitative estimate of drug-likeness (QED) is 0.941.